The van der Waals surface area contributed by atoms with Crippen LogP contribution in [0.4, 0.5) is 4.79 Å². The minimum Gasteiger partial charge on any atom is -0.352 e. The summed E-state index contributed by atoms with van der Waals surface area (Å²) < 4.78 is 21.9. The number of nitrogens with two attached hydrogens (primary N) is 1. The summed E-state index contributed by atoms with van der Waals surface area (Å²) in [5.74, 6) is 0. The maximum atomic E-state index is 10.7. The van der Waals surface area contributed by atoms with Crippen LogP contribution in [-0.2, 0) is 11.3 Å². The van der Waals surface area contributed by atoms with Gasteiger partial charge in [0.05, 0.1) is 6.04 Å². The predicted molar refractivity (Wildman–Crippen MR) is 60.7 cm³/mol. The van der Waals surface area contributed by atoms with Gasteiger partial charge in [-0.3, -0.25) is 4.55 Å². The number of hydrogen-bond acceptors (Lipinski definition) is 2. The van der Waals surface area contributed by atoms with E-state index in [9.17, 15) is 9.00 Å². The number of primary amides is 1. The number of carbonyl (C=O) groups excluding carboxylic acids is 1. The number of amides is 2. The van der Waals surface area contributed by atoms with Crippen molar-refractivity contribution >= 4 is 17.3 Å². The van der Waals surface area contributed by atoms with E-state index in [0.717, 1.165) is 5.56 Å². The highest BCUT2D eigenvalue weighted by molar-refractivity contribution is 7.77. The SMILES string of the molecule is NC(=O)NCC(NS(=O)O)c1ccccc1. The van der Waals surface area contributed by atoms with E-state index in [1.54, 1.807) is 24.3 Å². The van der Waals surface area contributed by atoms with Gasteiger partial charge in [-0.15, -0.1) is 0 Å². The Morgan fingerprint density at radius 1 is 1.44 bits per heavy atom. The van der Waals surface area contributed by atoms with E-state index in [1.165, 1.54) is 0 Å². The van der Waals surface area contributed by atoms with Crippen LogP contribution in [0.25, 0.3) is 0 Å². The van der Waals surface area contributed by atoms with Gasteiger partial charge in [0, 0.05) is 6.54 Å². The Morgan fingerprint density at radius 3 is 2.56 bits per heavy atom. The van der Waals surface area contributed by atoms with Gasteiger partial charge < -0.3 is 11.1 Å². The van der Waals surface area contributed by atoms with Gasteiger partial charge >= 0.3 is 6.03 Å². The highest BCUT2D eigenvalue weighted by atomic mass is 32.2. The lowest BCUT2D eigenvalue weighted by Crippen LogP contribution is -2.38. The maximum absolute atomic E-state index is 10.7. The molecule has 0 saturated heterocycles. The van der Waals surface area contributed by atoms with Gasteiger partial charge in [-0.05, 0) is 5.56 Å². The molecule has 1 aromatic rings. The van der Waals surface area contributed by atoms with E-state index in [4.69, 9.17) is 10.3 Å². The number of urea groups is 1. The van der Waals surface area contributed by atoms with Crippen LogP contribution in [-0.4, -0.2) is 21.3 Å². The largest absolute Gasteiger partial charge is 0.352 e. The minimum atomic E-state index is -2.15. The molecule has 0 saturated carbocycles. The first-order valence-corrected chi connectivity index (χ1v) is 5.65. The summed E-state index contributed by atoms with van der Waals surface area (Å²) in [5.41, 5.74) is 5.72. The molecule has 0 bridgehead atoms. The molecule has 2 atom stereocenters. The first kappa shape index (κ1) is 12.6. The van der Waals surface area contributed by atoms with Crippen molar-refractivity contribution in [3.63, 3.8) is 0 Å². The summed E-state index contributed by atoms with van der Waals surface area (Å²) >= 11 is -2.15. The quantitative estimate of drug-likeness (QED) is 0.552. The molecule has 1 rings (SSSR count). The zero-order valence-electron chi connectivity index (χ0n) is 8.42. The van der Waals surface area contributed by atoms with Gasteiger partial charge in [0.1, 0.15) is 0 Å². The van der Waals surface area contributed by atoms with Crippen molar-refractivity contribution in [1.29, 1.82) is 0 Å². The fourth-order valence-electron chi connectivity index (χ4n) is 1.24. The van der Waals surface area contributed by atoms with E-state index >= 15 is 0 Å². The molecule has 0 radical (unpaired) electrons. The predicted octanol–water partition coefficient (Wildman–Crippen LogP) is 0.122. The normalized spacial score (nSPS) is 14.1. The van der Waals surface area contributed by atoms with Crippen molar-refractivity contribution in [3.05, 3.63) is 35.9 Å². The average Bonchev–Trinajstić information content (AvgIpc) is 2.25. The molecule has 88 valence electrons. The van der Waals surface area contributed by atoms with Crippen molar-refractivity contribution < 1.29 is 13.6 Å². The Kier molecular flexibility index (Phi) is 4.90. The molecule has 0 spiro atoms. The third-order valence-electron chi connectivity index (χ3n) is 1.93. The lowest BCUT2D eigenvalue weighted by molar-refractivity contribution is 0.248. The Labute approximate surface area is 95.6 Å². The third kappa shape index (κ3) is 4.39. The Balaban J connectivity index is 2.71. The second kappa shape index (κ2) is 6.21. The summed E-state index contributed by atoms with van der Waals surface area (Å²) in [4.78, 5) is 10.6. The molecule has 0 aliphatic rings. The first-order valence-electron chi connectivity index (χ1n) is 4.55. The lowest BCUT2D eigenvalue weighted by atomic mass is 10.1. The number of nitrogens with one attached hydrogen (secondary N) is 2. The van der Waals surface area contributed by atoms with Crippen LogP contribution in [0.2, 0.25) is 0 Å². The molecule has 0 aliphatic carbocycles. The van der Waals surface area contributed by atoms with E-state index < -0.39 is 23.3 Å². The smallest absolute Gasteiger partial charge is 0.312 e. The molecular weight excluding hydrogens is 230 g/mol. The van der Waals surface area contributed by atoms with Crippen LogP contribution in [0, 0.1) is 0 Å². The number of benzene rings is 1. The zero-order valence-corrected chi connectivity index (χ0v) is 9.24. The van der Waals surface area contributed by atoms with Gasteiger partial charge in [-0.1, -0.05) is 30.3 Å². The second-order valence-electron chi connectivity index (χ2n) is 3.08. The van der Waals surface area contributed by atoms with Crippen LogP contribution in [0.3, 0.4) is 0 Å². The second-order valence-corrected chi connectivity index (χ2v) is 3.81. The van der Waals surface area contributed by atoms with E-state index in [1.807, 2.05) is 6.07 Å². The van der Waals surface area contributed by atoms with E-state index in [2.05, 4.69) is 10.0 Å². The summed E-state index contributed by atoms with van der Waals surface area (Å²) in [6, 6.07) is 7.87. The van der Waals surface area contributed by atoms with Crippen LogP contribution < -0.4 is 15.8 Å². The highest BCUT2D eigenvalue weighted by Gasteiger charge is 2.13. The van der Waals surface area contributed by atoms with Crippen LogP contribution in [0.5, 0.6) is 0 Å². The number of carbonyl (C=O) groups is 1. The number of rotatable bonds is 5. The van der Waals surface area contributed by atoms with Gasteiger partial charge in [0.15, 0.2) is 0 Å². The average molecular weight is 243 g/mol. The zero-order chi connectivity index (χ0) is 12.0. The van der Waals surface area contributed by atoms with Crippen molar-refractivity contribution in [2.24, 2.45) is 5.73 Å². The summed E-state index contributed by atoms with van der Waals surface area (Å²) in [5, 5.41) is 2.38. The van der Waals surface area contributed by atoms with Gasteiger partial charge in [-0.2, -0.15) is 0 Å². The highest BCUT2D eigenvalue weighted by Crippen LogP contribution is 2.11. The molecule has 5 N–H and O–H groups in total. The Morgan fingerprint density at radius 2 is 2.06 bits per heavy atom. The fourth-order valence-corrected chi connectivity index (χ4v) is 1.70. The number of hydrogen-bond donors (Lipinski definition) is 4. The van der Waals surface area contributed by atoms with Crippen LogP contribution in [0.1, 0.15) is 11.6 Å². The molecule has 2 amide bonds. The summed E-state index contributed by atoms with van der Waals surface area (Å²) in [6.45, 7) is 0.144. The van der Waals surface area contributed by atoms with E-state index in [-0.39, 0.29) is 6.54 Å². The Hall–Kier alpha value is -1.44. The Bertz CT molecular complexity index is 372. The summed E-state index contributed by atoms with van der Waals surface area (Å²) in [6.07, 6.45) is 0. The molecule has 2 unspecified atom stereocenters. The summed E-state index contributed by atoms with van der Waals surface area (Å²) in [7, 11) is 0. The molecule has 7 heteroatoms. The van der Waals surface area contributed by atoms with Crippen molar-refractivity contribution in [2.75, 3.05) is 6.54 Å². The molecule has 16 heavy (non-hydrogen) atoms. The fraction of sp³-hybridized carbons (Fsp3) is 0.222. The molecule has 0 fully saturated rings. The first-order chi connectivity index (χ1) is 7.59. The van der Waals surface area contributed by atoms with Gasteiger partial charge in [0.2, 0.25) is 11.3 Å². The molecular formula is C9H13N3O3S. The van der Waals surface area contributed by atoms with E-state index in [0.29, 0.717) is 0 Å². The van der Waals surface area contributed by atoms with Crippen LogP contribution in [0.15, 0.2) is 30.3 Å². The topological polar surface area (TPSA) is 104 Å². The van der Waals surface area contributed by atoms with Gasteiger partial charge in [-0.25, -0.2) is 13.7 Å². The van der Waals surface area contributed by atoms with Crippen molar-refractivity contribution in [3.8, 4) is 0 Å². The van der Waals surface area contributed by atoms with Crippen molar-refractivity contribution in [2.45, 2.75) is 6.04 Å². The minimum absolute atomic E-state index is 0.144. The van der Waals surface area contributed by atoms with Crippen LogP contribution >= 0.6 is 0 Å². The molecule has 0 heterocycles. The maximum Gasteiger partial charge on any atom is 0.312 e. The monoisotopic (exact) mass is 243 g/mol. The standard InChI is InChI=1S/C9H13N3O3S/c10-9(13)11-6-8(12-16(14)15)7-4-2-1-3-5-7/h1-5,8,12H,6H2,(H,14,15)(H3,10,11,13). The van der Waals surface area contributed by atoms with Crippen molar-refractivity contribution in [1.82, 2.24) is 10.0 Å². The molecule has 0 aromatic heterocycles. The third-order valence-corrected chi connectivity index (χ3v) is 2.41. The molecule has 0 aliphatic heterocycles. The van der Waals surface area contributed by atoms with Gasteiger partial charge in [0.25, 0.3) is 0 Å². The molecule has 1 aromatic carbocycles. The molecule has 6 nitrogen and oxygen atoms in total. The lowest BCUT2D eigenvalue weighted by Gasteiger charge is -2.16.